The number of carbonyl (C=O) groups excluding carboxylic acids is 1. The maximum Gasteiger partial charge on any atom is 0.303 e. The molecule has 0 aliphatic carbocycles. The van der Waals surface area contributed by atoms with Gasteiger partial charge in [0, 0.05) is 18.7 Å². The van der Waals surface area contributed by atoms with E-state index in [1.165, 1.54) is 4.31 Å². The summed E-state index contributed by atoms with van der Waals surface area (Å²) in [6.07, 6.45) is 2.16. The van der Waals surface area contributed by atoms with Gasteiger partial charge >= 0.3 is 5.97 Å². The molecule has 0 spiro atoms. The Bertz CT molecular complexity index is 748. The van der Waals surface area contributed by atoms with E-state index in [-0.39, 0.29) is 18.1 Å². The molecule has 1 fully saturated rings. The fraction of sp³-hybridized carbons (Fsp3) is 0.556. The zero-order chi connectivity index (χ0) is 19.9. The molecule has 8 nitrogen and oxygen atoms in total. The number of rotatable bonds is 10. The van der Waals surface area contributed by atoms with Crippen molar-refractivity contribution >= 4 is 27.6 Å². The number of hydrogen-bond donors (Lipinski definition) is 2. The second-order valence-corrected chi connectivity index (χ2v) is 8.49. The minimum absolute atomic E-state index is 0.0463. The van der Waals surface area contributed by atoms with Crippen molar-refractivity contribution in [3.8, 4) is 5.75 Å². The molecule has 150 valence electrons. The van der Waals surface area contributed by atoms with E-state index >= 15 is 0 Å². The van der Waals surface area contributed by atoms with Gasteiger partial charge in [-0.1, -0.05) is 6.92 Å². The van der Waals surface area contributed by atoms with Crippen LogP contribution in [0.3, 0.4) is 0 Å². The van der Waals surface area contributed by atoms with E-state index < -0.39 is 22.0 Å². The third kappa shape index (κ3) is 6.21. The predicted octanol–water partition coefficient (Wildman–Crippen LogP) is 2.07. The first-order chi connectivity index (χ1) is 12.8. The van der Waals surface area contributed by atoms with E-state index in [9.17, 15) is 18.0 Å². The lowest BCUT2D eigenvalue weighted by molar-refractivity contribution is -0.137. The molecule has 1 aromatic carbocycles. The number of nitrogens with zero attached hydrogens (tertiary/aromatic N) is 1. The quantitative estimate of drug-likeness (QED) is 0.584. The molecular weight excluding hydrogens is 372 g/mol. The van der Waals surface area contributed by atoms with E-state index in [1.807, 2.05) is 0 Å². The van der Waals surface area contributed by atoms with Gasteiger partial charge in [-0.25, -0.2) is 8.42 Å². The van der Waals surface area contributed by atoms with Crippen LogP contribution in [0.2, 0.25) is 0 Å². The third-order valence-electron chi connectivity index (χ3n) is 4.25. The fourth-order valence-corrected chi connectivity index (χ4v) is 4.73. The van der Waals surface area contributed by atoms with Crippen LogP contribution in [0.25, 0.3) is 0 Å². The summed E-state index contributed by atoms with van der Waals surface area (Å²) >= 11 is 0. The summed E-state index contributed by atoms with van der Waals surface area (Å²) < 4.78 is 31.4. The number of carboxylic acids is 1. The first-order valence-electron chi connectivity index (χ1n) is 9.08. The number of nitrogens with one attached hydrogen (secondary N) is 1. The first-order valence-corrected chi connectivity index (χ1v) is 10.7. The standard InChI is InChI=1S/C18H26N2O6S/c1-2-13-27(24,25)20-11-3-5-16(20)18(23)19-14-7-9-15(10-8-14)26-12-4-6-17(21)22/h7-10,16H,2-6,11-13H2,1H3,(H,19,23)(H,21,22). The van der Waals surface area contributed by atoms with E-state index in [4.69, 9.17) is 9.84 Å². The maximum absolute atomic E-state index is 12.5. The molecule has 1 amide bonds. The van der Waals surface area contributed by atoms with Crippen LogP contribution < -0.4 is 10.1 Å². The molecule has 1 aliphatic rings. The van der Waals surface area contributed by atoms with Crippen LogP contribution in [0, 0.1) is 0 Å². The molecule has 1 aromatic rings. The van der Waals surface area contributed by atoms with Crippen molar-refractivity contribution in [1.29, 1.82) is 0 Å². The van der Waals surface area contributed by atoms with Crippen molar-refractivity contribution in [2.75, 3.05) is 24.2 Å². The number of carbonyl (C=O) groups is 2. The third-order valence-corrected chi connectivity index (χ3v) is 6.33. The lowest BCUT2D eigenvalue weighted by Gasteiger charge is -2.23. The molecule has 0 bridgehead atoms. The monoisotopic (exact) mass is 398 g/mol. The molecule has 2 N–H and O–H groups in total. The highest BCUT2D eigenvalue weighted by molar-refractivity contribution is 7.89. The average Bonchev–Trinajstić information content (AvgIpc) is 3.11. The minimum atomic E-state index is -3.41. The first kappa shape index (κ1) is 21.2. The van der Waals surface area contributed by atoms with Gasteiger partial charge < -0.3 is 15.2 Å². The number of amides is 1. The van der Waals surface area contributed by atoms with Crippen LogP contribution in [0.5, 0.6) is 5.75 Å². The normalized spacial score (nSPS) is 17.6. The van der Waals surface area contributed by atoms with Crippen LogP contribution in [-0.2, 0) is 19.6 Å². The molecule has 9 heteroatoms. The molecule has 0 saturated carbocycles. The number of anilines is 1. The number of aliphatic carboxylic acids is 1. The topological polar surface area (TPSA) is 113 Å². The van der Waals surface area contributed by atoms with Gasteiger partial charge in [0.05, 0.1) is 12.4 Å². The van der Waals surface area contributed by atoms with Crippen molar-refractivity contribution < 1.29 is 27.9 Å². The van der Waals surface area contributed by atoms with E-state index in [0.29, 0.717) is 50.3 Å². The summed E-state index contributed by atoms with van der Waals surface area (Å²) in [5.74, 6) is -0.572. The smallest absolute Gasteiger partial charge is 0.303 e. The molecule has 1 unspecified atom stereocenters. The van der Waals surface area contributed by atoms with Gasteiger partial charge in [0.2, 0.25) is 15.9 Å². The van der Waals surface area contributed by atoms with Gasteiger partial charge in [0.25, 0.3) is 0 Å². The molecule has 1 aliphatic heterocycles. The number of sulfonamides is 1. The summed E-state index contributed by atoms with van der Waals surface area (Å²) in [7, 11) is -3.41. The largest absolute Gasteiger partial charge is 0.494 e. The molecule has 1 saturated heterocycles. The number of ether oxygens (including phenoxy) is 1. The fourth-order valence-electron chi connectivity index (χ4n) is 2.98. The molecular formula is C18H26N2O6S. The highest BCUT2D eigenvalue weighted by Crippen LogP contribution is 2.24. The number of carboxylic acid groups (broad SMARTS) is 1. The molecule has 2 rings (SSSR count). The van der Waals surface area contributed by atoms with Crippen molar-refractivity contribution in [3.63, 3.8) is 0 Å². The van der Waals surface area contributed by atoms with Crippen LogP contribution in [-0.4, -0.2) is 54.7 Å². The highest BCUT2D eigenvalue weighted by Gasteiger charge is 2.38. The molecule has 1 heterocycles. The molecule has 1 atom stereocenters. The van der Waals surface area contributed by atoms with Crippen LogP contribution in [0.4, 0.5) is 5.69 Å². The van der Waals surface area contributed by atoms with Crippen molar-refractivity contribution in [3.05, 3.63) is 24.3 Å². The predicted molar refractivity (Wildman–Crippen MR) is 101 cm³/mol. The van der Waals surface area contributed by atoms with Crippen LogP contribution in [0.15, 0.2) is 24.3 Å². The van der Waals surface area contributed by atoms with Gasteiger partial charge in [0.1, 0.15) is 11.8 Å². The van der Waals surface area contributed by atoms with Crippen molar-refractivity contribution in [1.82, 2.24) is 4.31 Å². The second-order valence-electron chi connectivity index (χ2n) is 6.44. The SMILES string of the molecule is CCCS(=O)(=O)N1CCCC1C(=O)Nc1ccc(OCCCC(=O)O)cc1. The lowest BCUT2D eigenvalue weighted by atomic mass is 10.2. The summed E-state index contributed by atoms with van der Waals surface area (Å²) in [6, 6.07) is 6.02. The van der Waals surface area contributed by atoms with Gasteiger partial charge in [0.15, 0.2) is 0 Å². The van der Waals surface area contributed by atoms with Gasteiger partial charge in [-0.05, 0) is 49.9 Å². The van der Waals surface area contributed by atoms with E-state index in [1.54, 1.807) is 31.2 Å². The highest BCUT2D eigenvalue weighted by atomic mass is 32.2. The van der Waals surface area contributed by atoms with Crippen LogP contribution in [0.1, 0.15) is 39.0 Å². The summed E-state index contributed by atoms with van der Waals surface area (Å²) in [5.41, 5.74) is 0.553. The van der Waals surface area contributed by atoms with Gasteiger partial charge in [-0.2, -0.15) is 4.31 Å². The molecule has 0 radical (unpaired) electrons. The Kier molecular flexibility index (Phi) is 7.61. The lowest BCUT2D eigenvalue weighted by Crippen LogP contribution is -2.44. The van der Waals surface area contributed by atoms with Gasteiger partial charge in [-0.3, -0.25) is 9.59 Å². The Hall–Kier alpha value is -2.13. The average molecular weight is 398 g/mol. The second kappa shape index (κ2) is 9.70. The van der Waals surface area contributed by atoms with Crippen LogP contribution >= 0.6 is 0 Å². The Balaban J connectivity index is 1.90. The van der Waals surface area contributed by atoms with E-state index in [0.717, 1.165) is 0 Å². The maximum atomic E-state index is 12.5. The molecule has 0 aromatic heterocycles. The van der Waals surface area contributed by atoms with Crippen molar-refractivity contribution in [2.45, 2.75) is 45.1 Å². The number of benzene rings is 1. The number of hydrogen-bond acceptors (Lipinski definition) is 5. The zero-order valence-corrected chi connectivity index (χ0v) is 16.2. The summed E-state index contributed by atoms with van der Waals surface area (Å²) in [6.45, 7) is 2.47. The Morgan fingerprint density at radius 2 is 2.00 bits per heavy atom. The van der Waals surface area contributed by atoms with Gasteiger partial charge in [-0.15, -0.1) is 0 Å². The Morgan fingerprint density at radius 1 is 1.30 bits per heavy atom. The molecule has 27 heavy (non-hydrogen) atoms. The minimum Gasteiger partial charge on any atom is -0.494 e. The van der Waals surface area contributed by atoms with Crippen molar-refractivity contribution in [2.24, 2.45) is 0 Å². The zero-order valence-electron chi connectivity index (χ0n) is 15.4. The summed E-state index contributed by atoms with van der Waals surface area (Å²) in [4.78, 5) is 23.0. The summed E-state index contributed by atoms with van der Waals surface area (Å²) in [5, 5.41) is 11.3. The van der Waals surface area contributed by atoms with E-state index in [2.05, 4.69) is 5.32 Å². The Morgan fingerprint density at radius 3 is 2.63 bits per heavy atom. The Labute approximate surface area is 159 Å².